The van der Waals surface area contributed by atoms with E-state index in [2.05, 4.69) is 9.98 Å². The van der Waals surface area contributed by atoms with Gasteiger partial charge in [0, 0.05) is 49.2 Å². The van der Waals surface area contributed by atoms with E-state index in [1.54, 1.807) is 12.2 Å². The van der Waals surface area contributed by atoms with Crippen molar-refractivity contribution in [2.75, 3.05) is 26.2 Å². The number of aromatic hydroxyl groups is 1. The normalized spacial score (nSPS) is 13.9. The van der Waals surface area contributed by atoms with E-state index >= 15 is 0 Å². The Kier molecular flexibility index (Phi) is 13.3. The number of nitrogens with zero attached hydrogens (tertiary/aromatic N) is 3. The fourth-order valence-electron chi connectivity index (χ4n) is 3.11. The molecule has 218 valence electrons. The van der Waals surface area contributed by atoms with Crippen molar-refractivity contribution < 1.29 is 49.9 Å². The van der Waals surface area contributed by atoms with Gasteiger partial charge in [-0.25, -0.2) is 23.9 Å². The van der Waals surface area contributed by atoms with Crippen LogP contribution in [0.25, 0.3) is 11.1 Å². The summed E-state index contributed by atoms with van der Waals surface area (Å²) in [5.41, 5.74) is 12.7. The van der Waals surface area contributed by atoms with Crippen LogP contribution in [0.5, 0.6) is 5.75 Å². The number of hydrogen-bond donors (Lipinski definition) is 8. The molecule has 0 aromatic carbocycles. The molecular weight excluding hydrogens is 546 g/mol. The molecule has 0 saturated heterocycles. The van der Waals surface area contributed by atoms with E-state index in [1.165, 1.54) is 18.5 Å². The number of fused-ring (bicyclic) bond motifs is 2. The maximum absolute atomic E-state index is 13.0. The van der Waals surface area contributed by atoms with Crippen LogP contribution < -0.4 is 16.9 Å². The third-order valence-corrected chi connectivity index (χ3v) is 4.63. The summed E-state index contributed by atoms with van der Waals surface area (Å²) in [4.78, 5) is 59.9. The summed E-state index contributed by atoms with van der Waals surface area (Å²) >= 11 is 0. The lowest BCUT2D eigenvalue weighted by Crippen LogP contribution is -2.27. The number of allylic oxidation sites excluding steroid dienone is 2. The summed E-state index contributed by atoms with van der Waals surface area (Å²) in [5.74, 6) is -5.11. The maximum Gasteiger partial charge on any atom is 0.328 e. The van der Waals surface area contributed by atoms with Crippen molar-refractivity contribution in [2.45, 2.75) is 0 Å². The molecule has 0 fully saturated rings. The van der Waals surface area contributed by atoms with Gasteiger partial charge in [-0.3, -0.25) is 14.8 Å². The Morgan fingerprint density at radius 3 is 1.56 bits per heavy atom. The highest BCUT2D eigenvalue weighted by molar-refractivity contribution is 6.27. The molecule has 0 bridgehead atoms. The van der Waals surface area contributed by atoms with Crippen LogP contribution in [0.15, 0.2) is 69.7 Å². The molecule has 0 radical (unpaired) electrons. The topological polar surface area (TPSA) is 288 Å². The Morgan fingerprint density at radius 1 is 0.756 bits per heavy atom. The van der Waals surface area contributed by atoms with Crippen LogP contribution >= 0.6 is 0 Å². The number of carboxylic acid groups (broad SMARTS) is 4. The van der Waals surface area contributed by atoms with E-state index in [0.29, 0.717) is 73.0 Å². The van der Waals surface area contributed by atoms with Gasteiger partial charge >= 0.3 is 23.9 Å². The Labute approximate surface area is 231 Å². The van der Waals surface area contributed by atoms with Crippen LogP contribution in [-0.2, 0) is 19.2 Å². The molecule has 1 heterocycles. The lowest BCUT2D eigenvalue weighted by atomic mass is 9.86. The van der Waals surface area contributed by atoms with Crippen LogP contribution in [0.3, 0.4) is 0 Å². The lowest BCUT2D eigenvalue weighted by Gasteiger charge is -2.20. The van der Waals surface area contributed by atoms with Gasteiger partial charge < -0.3 is 42.2 Å². The number of nitrogens with two attached hydrogens (primary N) is 2. The number of benzene rings is 1. The summed E-state index contributed by atoms with van der Waals surface area (Å²) in [6.45, 7) is 1.40. The smallest absolute Gasteiger partial charge is 0.328 e. The SMILES string of the molecule is NCCN=C1C=CC(=NCCN)c2c1c(O)c1ccn(O)cc-1c2=O.O=C(O)/C=C\C(=O)O.O=C(O)/C=C\C(=O)O. The standard InChI is InChI=1S/C17H19N5O3.2C4H4O4/c18-4-6-20-12-1-2-13(21-7-5-19)15-14(12)16(23)10-3-8-22(25)9-11(10)17(15)24;2*5-3(6)1-2-4(7)8/h1-3,8-9,23,25H,4-7,18-19H2;2*1-2H,(H,5,6)(H,7,8)/b;2*2-1-. The van der Waals surface area contributed by atoms with Gasteiger partial charge in [-0.2, -0.15) is 0 Å². The summed E-state index contributed by atoms with van der Waals surface area (Å²) in [7, 11) is 0. The quantitative estimate of drug-likeness (QED) is 0.144. The minimum atomic E-state index is -1.26. The van der Waals surface area contributed by atoms with Crippen molar-refractivity contribution in [1.29, 1.82) is 0 Å². The summed E-state index contributed by atoms with van der Waals surface area (Å²) in [6.07, 6.45) is 8.21. The Bertz CT molecular complexity index is 1400. The number of rotatable bonds is 8. The van der Waals surface area contributed by atoms with Crippen LogP contribution in [0.2, 0.25) is 0 Å². The molecule has 3 aliphatic rings. The number of phenols is 1. The number of aliphatic imine (C=N–C) groups is 2. The number of phenolic OH excluding ortho intramolecular Hbond substituents is 1. The average molecular weight is 574 g/mol. The zero-order chi connectivity index (χ0) is 31.1. The molecule has 0 aromatic heterocycles. The molecule has 16 heteroatoms. The predicted octanol–water partition coefficient (Wildman–Crippen LogP) is -0.615. The zero-order valence-corrected chi connectivity index (χ0v) is 21.2. The van der Waals surface area contributed by atoms with Crippen molar-refractivity contribution in [3.05, 3.63) is 76.3 Å². The molecule has 0 spiro atoms. The number of aromatic nitrogens is 1. The van der Waals surface area contributed by atoms with E-state index in [0.717, 1.165) is 4.73 Å². The third-order valence-electron chi connectivity index (χ3n) is 4.63. The van der Waals surface area contributed by atoms with Gasteiger partial charge in [0.25, 0.3) is 0 Å². The molecule has 16 nitrogen and oxygen atoms in total. The minimum Gasteiger partial charge on any atom is -0.507 e. The van der Waals surface area contributed by atoms with Crippen LogP contribution in [0.4, 0.5) is 0 Å². The number of pyridine rings is 1. The van der Waals surface area contributed by atoms with Gasteiger partial charge in [-0.15, -0.1) is 0 Å². The van der Waals surface area contributed by atoms with E-state index < -0.39 is 23.9 Å². The minimum absolute atomic E-state index is 0.0780. The first-order valence-corrected chi connectivity index (χ1v) is 11.4. The van der Waals surface area contributed by atoms with E-state index in [1.807, 2.05) is 0 Å². The number of carboxylic acids is 4. The van der Waals surface area contributed by atoms with Crippen molar-refractivity contribution >= 4 is 35.3 Å². The number of carbonyl (C=O) groups is 4. The van der Waals surface area contributed by atoms with Gasteiger partial charge in [0.15, 0.2) is 5.43 Å². The van der Waals surface area contributed by atoms with Crippen LogP contribution in [0.1, 0.15) is 11.1 Å². The third kappa shape index (κ3) is 10.6. The van der Waals surface area contributed by atoms with Crippen molar-refractivity contribution in [3.63, 3.8) is 0 Å². The summed E-state index contributed by atoms with van der Waals surface area (Å²) < 4.78 is 0.772. The largest absolute Gasteiger partial charge is 0.507 e. The molecule has 0 atom stereocenters. The first-order valence-electron chi connectivity index (χ1n) is 11.4. The van der Waals surface area contributed by atoms with Gasteiger partial charge in [0.1, 0.15) is 5.75 Å². The Morgan fingerprint density at radius 2 is 1.17 bits per heavy atom. The molecule has 2 aliphatic carbocycles. The van der Waals surface area contributed by atoms with Crippen LogP contribution in [0, 0.1) is 0 Å². The highest BCUT2D eigenvalue weighted by Gasteiger charge is 2.28. The highest BCUT2D eigenvalue weighted by atomic mass is 16.5. The molecule has 41 heavy (non-hydrogen) atoms. The number of hydrogen-bond acceptors (Lipinski definition) is 11. The second kappa shape index (κ2) is 16.4. The van der Waals surface area contributed by atoms with E-state index in [9.17, 15) is 34.3 Å². The molecule has 10 N–H and O–H groups in total. The summed E-state index contributed by atoms with van der Waals surface area (Å²) in [6, 6.07) is 1.47. The molecule has 0 aromatic rings. The van der Waals surface area contributed by atoms with Gasteiger partial charge in [0.2, 0.25) is 0 Å². The fraction of sp³-hybridized carbons (Fsp3) is 0.160. The average Bonchev–Trinajstić information content (AvgIpc) is 2.91. The maximum atomic E-state index is 13.0. The highest BCUT2D eigenvalue weighted by Crippen LogP contribution is 2.35. The predicted molar refractivity (Wildman–Crippen MR) is 145 cm³/mol. The first kappa shape index (κ1) is 33.4. The summed E-state index contributed by atoms with van der Waals surface area (Å²) in [5, 5.41) is 51.6. The lowest BCUT2D eigenvalue weighted by molar-refractivity contribution is -0.134. The molecule has 0 amide bonds. The van der Waals surface area contributed by atoms with E-state index in [-0.39, 0.29) is 22.3 Å². The molecule has 0 unspecified atom stereocenters. The molecule has 1 aliphatic heterocycles. The van der Waals surface area contributed by atoms with Gasteiger partial charge in [-0.05, 0) is 18.2 Å². The van der Waals surface area contributed by atoms with Crippen LogP contribution in [-0.4, -0.2) is 96.9 Å². The van der Waals surface area contributed by atoms with Gasteiger partial charge in [0.05, 0.1) is 47.4 Å². The molecular formula is C25H27N5O11. The number of aliphatic carboxylic acids is 4. The Hall–Kier alpha value is -5.61. The zero-order valence-electron chi connectivity index (χ0n) is 21.2. The second-order valence-electron chi connectivity index (χ2n) is 7.54. The van der Waals surface area contributed by atoms with Crippen molar-refractivity contribution in [3.8, 4) is 16.9 Å². The van der Waals surface area contributed by atoms with Crippen molar-refractivity contribution in [2.24, 2.45) is 21.5 Å². The molecule has 3 rings (SSSR count). The van der Waals surface area contributed by atoms with Crippen molar-refractivity contribution in [1.82, 2.24) is 4.73 Å². The van der Waals surface area contributed by atoms with E-state index in [4.69, 9.17) is 31.9 Å². The van der Waals surface area contributed by atoms with Gasteiger partial charge in [-0.1, -0.05) is 0 Å². The monoisotopic (exact) mass is 573 g/mol. The first-order chi connectivity index (χ1) is 19.3. The fourth-order valence-corrected chi connectivity index (χ4v) is 3.11. The molecule has 0 saturated carbocycles. The second-order valence-corrected chi connectivity index (χ2v) is 7.54. The Balaban J connectivity index is 0.000000433.